The first kappa shape index (κ1) is 21.3. The summed E-state index contributed by atoms with van der Waals surface area (Å²) in [5.74, 6) is -1.84. The molecule has 3 aliphatic rings. The number of hydrogen-bond acceptors (Lipinski definition) is 5. The fraction of sp³-hybridized carbons (Fsp3) is 0.696. The van der Waals surface area contributed by atoms with E-state index in [1.807, 2.05) is 13.8 Å². The molecule has 0 spiro atoms. The highest BCUT2D eigenvalue weighted by atomic mass is 32.1. The molecule has 2 saturated carbocycles. The van der Waals surface area contributed by atoms with Crippen molar-refractivity contribution in [3.63, 3.8) is 0 Å². The largest absolute Gasteiger partial charge is 0.481 e. The van der Waals surface area contributed by atoms with Crippen LogP contribution in [0, 0.1) is 29.6 Å². The fourth-order valence-corrected chi connectivity index (χ4v) is 7.15. The van der Waals surface area contributed by atoms with Crippen molar-refractivity contribution < 1.29 is 24.2 Å². The lowest BCUT2D eigenvalue weighted by Crippen LogP contribution is -2.38. The number of anilines is 1. The van der Waals surface area contributed by atoms with Crippen molar-refractivity contribution in [1.82, 2.24) is 0 Å². The van der Waals surface area contributed by atoms with Gasteiger partial charge >= 0.3 is 11.9 Å². The van der Waals surface area contributed by atoms with Crippen LogP contribution in [0.5, 0.6) is 0 Å². The summed E-state index contributed by atoms with van der Waals surface area (Å²) in [5.41, 5.74) is 1.50. The monoisotopic (exact) mass is 433 g/mol. The molecular formula is C23H31NO5S. The summed E-state index contributed by atoms with van der Waals surface area (Å²) in [7, 11) is 0. The van der Waals surface area contributed by atoms with E-state index in [-0.39, 0.29) is 23.8 Å². The zero-order chi connectivity index (χ0) is 21.6. The van der Waals surface area contributed by atoms with Gasteiger partial charge in [0.1, 0.15) is 5.00 Å². The van der Waals surface area contributed by atoms with E-state index in [0.29, 0.717) is 16.5 Å². The van der Waals surface area contributed by atoms with Crippen LogP contribution in [0.3, 0.4) is 0 Å². The summed E-state index contributed by atoms with van der Waals surface area (Å²) in [6.07, 6.45) is 6.23. The van der Waals surface area contributed by atoms with Crippen LogP contribution in [-0.2, 0) is 27.2 Å². The molecule has 2 bridgehead atoms. The van der Waals surface area contributed by atoms with Crippen LogP contribution in [0.1, 0.15) is 73.7 Å². The van der Waals surface area contributed by atoms with E-state index in [0.717, 1.165) is 55.4 Å². The van der Waals surface area contributed by atoms with Crippen molar-refractivity contribution >= 4 is 34.2 Å². The molecule has 0 radical (unpaired) electrons. The highest BCUT2D eigenvalue weighted by molar-refractivity contribution is 7.17. The SMILES string of the molecule is CC[C@H]1CCc2c(sc(NC(=O)[C@H]3[C@@H]4CC[C@@H](C4)[C@@H]3C(=O)O)c2C(=O)OC(C)C)C1. The van der Waals surface area contributed by atoms with E-state index in [1.54, 1.807) is 0 Å². The number of carbonyl (C=O) groups is 3. The van der Waals surface area contributed by atoms with Gasteiger partial charge in [-0.1, -0.05) is 13.3 Å². The predicted molar refractivity (Wildman–Crippen MR) is 115 cm³/mol. The number of esters is 1. The summed E-state index contributed by atoms with van der Waals surface area (Å²) in [4.78, 5) is 39.1. The van der Waals surface area contributed by atoms with Crippen molar-refractivity contribution in [2.75, 3.05) is 5.32 Å². The average molecular weight is 434 g/mol. The van der Waals surface area contributed by atoms with Crippen LogP contribution in [0.15, 0.2) is 0 Å². The molecule has 7 heteroatoms. The van der Waals surface area contributed by atoms with E-state index in [4.69, 9.17) is 4.74 Å². The minimum absolute atomic E-state index is 0.0930. The van der Waals surface area contributed by atoms with Gasteiger partial charge in [-0.25, -0.2) is 4.79 Å². The Kier molecular flexibility index (Phi) is 5.93. The quantitative estimate of drug-likeness (QED) is 0.644. The molecule has 1 aromatic rings. The molecule has 2 fully saturated rings. The Labute approximate surface area is 181 Å². The highest BCUT2D eigenvalue weighted by Crippen LogP contribution is 2.53. The van der Waals surface area contributed by atoms with Gasteiger partial charge < -0.3 is 15.2 Å². The first-order valence-electron chi connectivity index (χ1n) is 11.2. The number of hydrogen-bond donors (Lipinski definition) is 2. The molecule has 1 heterocycles. The second-order valence-electron chi connectivity index (χ2n) is 9.39. The molecule has 0 aromatic carbocycles. The van der Waals surface area contributed by atoms with E-state index in [2.05, 4.69) is 12.2 Å². The summed E-state index contributed by atoms with van der Waals surface area (Å²) < 4.78 is 5.49. The zero-order valence-corrected chi connectivity index (χ0v) is 18.7. The van der Waals surface area contributed by atoms with Crippen molar-refractivity contribution in [3.05, 3.63) is 16.0 Å². The van der Waals surface area contributed by atoms with Crippen LogP contribution in [0.25, 0.3) is 0 Å². The van der Waals surface area contributed by atoms with Gasteiger partial charge in [0.2, 0.25) is 5.91 Å². The van der Waals surface area contributed by atoms with Gasteiger partial charge in [-0.2, -0.15) is 0 Å². The molecule has 5 atom stereocenters. The van der Waals surface area contributed by atoms with Crippen molar-refractivity contribution in [3.8, 4) is 0 Å². The normalized spacial score (nSPS) is 29.7. The van der Waals surface area contributed by atoms with Crippen LogP contribution in [0.4, 0.5) is 5.00 Å². The Morgan fingerprint density at radius 1 is 1.17 bits per heavy atom. The van der Waals surface area contributed by atoms with Gasteiger partial charge in [-0.05, 0) is 75.7 Å². The molecule has 4 rings (SSSR count). The van der Waals surface area contributed by atoms with Gasteiger partial charge in [0.25, 0.3) is 0 Å². The smallest absolute Gasteiger partial charge is 0.341 e. The average Bonchev–Trinajstić information content (AvgIpc) is 3.38. The Morgan fingerprint density at radius 2 is 1.87 bits per heavy atom. The van der Waals surface area contributed by atoms with Gasteiger partial charge in [0, 0.05) is 4.88 Å². The van der Waals surface area contributed by atoms with Gasteiger partial charge in [0.05, 0.1) is 23.5 Å². The van der Waals surface area contributed by atoms with Crippen LogP contribution >= 0.6 is 11.3 Å². The molecule has 3 aliphatic carbocycles. The Bertz CT molecular complexity index is 860. The van der Waals surface area contributed by atoms with Crippen LogP contribution in [-0.4, -0.2) is 29.1 Å². The molecule has 0 saturated heterocycles. The molecule has 1 aromatic heterocycles. The minimum Gasteiger partial charge on any atom is -0.481 e. The number of carboxylic acid groups (broad SMARTS) is 1. The highest BCUT2D eigenvalue weighted by Gasteiger charge is 2.54. The van der Waals surface area contributed by atoms with Crippen molar-refractivity contribution in [2.24, 2.45) is 29.6 Å². The van der Waals surface area contributed by atoms with Gasteiger partial charge in [-0.3, -0.25) is 9.59 Å². The molecule has 0 aliphatic heterocycles. The summed E-state index contributed by atoms with van der Waals surface area (Å²) in [5, 5.41) is 13.2. The third kappa shape index (κ3) is 3.77. The molecule has 0 unspecified atom stereocenters. The van der Waals surface area contributed by atoms with E-state index in [1.165, 1.54) is 11.3 Å². The molecule has 6 nitrogen and oxygen atoms in total. The van der Waals surface area contributed by atoms with Crippen molar-refractivity contribution in [1.29, 1.82) is 0 Å². The number of thiophene rings is 1. The maximum atomic E-state index is 13.2. The third-order valence-corrected chi connectivity index (χ3v) is 8.40. The number of nitrogens with one attached hydrogen (secondary N) is 1. The van der Waals surface area contributed by atoms with E-state index < -0.39 is 23.8 Å². The first-order valence-corrected chi connectivity index (χ1v) is 12.0. The topological polar surface area (TPSA) is 92.7 Å². The van der Waals surface area contributed by atoms with E-state index in [9.17, 15) is 19.5 Å². The molecular weight excluding hydrogens is 402 g/mol. The second-order valence-corrected chi connectivity index (χ2v) is 10.5. The fourth-order valence-electron chi connectivity index (χ4n) is 5.80. The lowest BCUT2D eigenvalue weighted by molar-refractivity contribution is -0.148. The number of carboxylic acids is 1. The number of carbonyl (C=O) groups excluding carboxylic acids is 2. The van der Waals surface area contributed by atoms with Gasteiger partial charge in [-0.15, -0.1) is 11.3 Å². The van der Waals surface area contributed by atoms with E-state index >= 15 is 0 Å². The lowest BCUT2D eigenvalue weighted by atomic mass is 9.78. The molecule has 164 valence electrons. The standard InChI is InChI=1S/C23H31NO5S/c1-4-12-5-8-15-16(9-12)30-21(19(15)23(28)29-11(2)3)24-20(25)17-13-6-7-14(10-13)18(17)22(26)27/h11-14,17-18H,4-10H2,1-3H3,(H,24,25)(H,26,27)/t12-,13+,14-,17-,18-/m0/s1. The number of rotatable bonds is 6. The van der Waals surface area contributed by atoms with Crippen LogP contribution < -0.4 is 5.32 Å². The molecule has 30 heavy (non-hydrogen) atoms. The number of amides is 1. The Morgan fingerprint density at radius 3 is 2.50 bits per heavy atom. The maximum absolute atomic E-state index is 13.2. The minimum atomic E-state index is -0.877. The summed E-state index contributed by atoms with van der Waals surface area (Å²) in [6.45, 7) is 5.81. The summed E-state index contributed by atoms with van der Waals surface area (Å²) >= 11 is 1.47. The zero-order valence-electron chi connectivity index (χ0n) is 17.9. The Balaban J connectivity index is 1.63. The number of aliphatic carboxylic acids is 1. The van der Waals surface area contributed by atoms with Crippen LogP contribution in [0.2, 0.25) is 0 Å². The second kappa shape index (κ2) is 8.33. The summed E-state index contributed by atoms with van der Waals surface area (Å²) in [6, 6.07) is 0. The van der Waals surface area contributed by atoms with Gasteiger partial charge in [0.15, 0.2) is 0 Å². The third-order valence-electron chi connectivity index (χ3n) is 7.23. The number of fused-ring (bicyclic) bond motifs is 3. The predicted octanol–water partition coefficient (Wildman–Crippen LogP) is 4.51. The number of ether oxygens (including phenoxy) is 1. The maximum Gasteiger partial charge on any atom is 0.341 e. The first-order chi connectivity index (χ1) is 14.3. The molecule has 1 amide bonds. The van der Waals surface area contributed by atoms with Crippen molar-refractivity contribution in [2.45, 2.75) is 71.8 Å². The lowest BCUT2D eigenvalue weighted by Gasteiger charge is -2.27. The molecule has 2 N–H and O–H groups in total. The Hall–Kier alpha value is -1.89.